The zero-order valence-electron chi connectivity index (χ0n) is 15.8. The summed E-state index contributed by atoms with van der Waals surface area (Å²) in [5.41, 5.74) is 5.58. The zero-order valence-corrected chi connectivity index (χ0v) is 17.3. The highest BCUT2D eigenvalue weighted by Gasteiger charge is 2.10. The highest BCUT2D eigenvalue weighted by molar-refractivity contribution is 6.35. The van der Waals surface area contributed by atoms with E-state index in [1.54, 1.807) is 47.1 Å². The fourth-order valence-electron chi connectivity index (χ4n) is 2.64. The molecule has 0 unspecified atom stereocenters. The second-order valence-electron chi connectivity index (χ2n) is 6.38. The van der Waals surface area contributed by atoms with Crippen LogP contribution in [0.4, 0.5) is 5.69 Å². The minimum atomic E-state index is -0.380. The monoisotopic (exact) mass is 431 g/mol. The molecule has 2 amide bonds. The number of nitrogens with zero attached hydrogens (tertiary/aromatic N) is 1. The second kappa shape index (κ2) is 9.03. The third-order valence-electron chi connectivity index (χ3n) is 4.17. The molecule has 0 atom stereocenters. The van der Waals surface area contributed by atoms with E-state index in [9.17, 15) is 9.59 Å². The van der Waals surface area contributed by atoms with Crippen LogP contribution in [0.15, 0.2) is 54.6 Å². The Morgan fingerprint density at radius 2 is 1.62 bits per heavy atom. The summed E-state index contributed by atoms with van der Waals surface area (Å²) in [6, 6.07) is 15.2. The number of hydrogen-bond donors (Lipinski definition) is 2. The maximum absolute atomic E-state index is 12.4. The van der Waals surface area contributed by atoms with Crippen molar-refractivity contribution >= 4 is 40.7 Å². The Labute approximate surface area is 178 Å². The molecule has 0 fully saturated rings. The molecule has 3 aromatic rings. The molecule has 150 valence electrons. The van der Waals surface area contributed by atoms with Crippen molar-refractivity contribution in [2.75, 3.05) is 17.3 Å². The molecule has 0 bridgehead atoms. The van der Waals surface area contributed by atoms with E-state index in [2.05, 4.69) is 10.7 Å². The summed E-state index contributed by atoms with van der Waals surface area (Å²) in [5.74, 6) is -0.163. The molecule has 29 heavy (non-hydrogen) atoms. The van der Waals surface area contributed by atoms with Crippen LogP contribution < -0.4 is 15.5 Å². The van der Waals surface area contributed by atoms with Crippen LogP contribution in [0.5, 0.6) is 5.75 Å². The molecule has 0 saturated carbocycles. The number of amides is 2. The summed E-state index contributed by atoms with van der Waals surface area (Å²) in [5, 5.41) is 3.48. The van der Waals surface area contributed by atoms with Gasteiger partial charge in [0, 0.05) is 22.0 Å². The average Bonchev–Trinajstić information content (AvgIpc) is 3.01. The van der Waals surface area contributed by atoms with Crippen molar-refractivity contribution in [1.29, 1.82) is 0 Å². The van der Waals surface area contributed by atoms with Crippen molar-refractivity contribution in [3.05, 3.63) is 81.6 Å². The van der Waals surface area contributed by atoms with Crippen molar-refractivity contribution in [2.24, 2.45) is 0 Å². The van der Waals surface area contributed by atoms with Gasteiger partial charge in [0.1, 0.15) is 5.75 Å². The molecule has 2 N–H and O–H groups in total. The molecule has 0 aliphatic carbocycles. The number of benzene rings is 2. The summed E-state index contributed by atoms with van der Waals surface area (Å²) in [7, 11) is 0. The fourth-order valence-corrected chi connectivity index (χ4v) is 2.98. The lowest BCUT2D eigenvalue weighted by Gasteiger charge is -2.12. The van der Waals surface area contributed by atoms with Crippen molar-refractivity contribution in [3.63, 3.8) is 0 Å². The first-order chi connectivity index (χ1) is 13.8. The molecule has 0 spiro atoms. The summed E-state index contributed by atoms with van der Waals surface area (Å²) in [6.45, 7) is 3.60. The molecule has 3 rings (SSSR count). The van der Waals surface area contributed by atoms with Gasteiger partial charge in [-0.05, 0) is 68.4 Å². The minimum absolute atomic E-state index is 0.212. The number of hydrogen-bond acceptors (Lipinski definition) is 3. The van der Waals surface area contributed by atoms with Crippen LogP contribution in [0.2, 0.25) is 10.0 Å². The van der Waals surface area contributed by atoms with E-state index >= 15 is 0 Å². The van der Waals surface area contributed by atoms with Crippen LogP contribution in [0.1, 0.15) is 21.7 Å². The number of halogens is 2. The number of aryl methyl sites for hydroxylation is 2. The lowest BCUT2D eigenvalue weighted by atomic mass is 10.2. The van der Waals surface area contributed by atoms with E-state index in [4.69, 9.17) is 27.9 Å². The predicted molar refractivity (Wildman–Crippen MR) is 115 cm³/mol. The second-order valence-corrected chi connectivity index (χ2v) is 7.22. The van der Waals surface area contributed by atoms with Crippen molar-refractivity contribution in [3.8, 4) is 5.75 Å². The first-order valence-corrected chi connectivity index (χ1v) is 9.53. The number of carbonyl (C=O) groups excluding carboxylic acids is 2. The van der Waals surface area contributed by atoms with E-state index in [0.717, 1.165) is 11.4 Å². The predicted octanol–water partition coefficient (Wildman–Crippen LogP) is 4.81. The normalized spacial score (nSPS) is 10.5. The molecule has 0 aliphatic rings. The minimum Gasteiger partial charge on any atom is -0.484 e. The summed E-state index contributed by atoms with van der Waals surface area (Å²) in [6.07, 6.45) is 0. The number of carbonyl (C=O) groups is 2. The summed E-state index contributed by atoms with van der Waals surface area (Å²) < 4.78 is 7.18. The third kappa shape index (κ3) is 5.31. The fraction of sp³-hybridized carbons (Fsp3) is 0.143. The first kappa shape index (κ1) is 20.8. The smallest absolute Gasteiger partial charge is 0.270 e. The maximum Gasteiger partial charge on any atom is 0.270 e. The quantitative estimate of drug-likeness (QED) is 0.587. The Balaban J connectivity index is 1.55. The Morgan fingerprint density at radius 3 is 2.28 bits per heavy atom. The van der Waals surface area contributed by atoms with Gasteiger partial charge in [0.15, 0.2) is 6.61 Å². The highest BCUT2D eigenvalue weighted by atomic mass is 35.5. The van der Waals surface area contributed by atoms with Gasteiger partial charge in [-0.3, -0.25) is 19.7 Å². The van der Waals surface area contributed by atoms with Gasteiger partial charge in [-0.2, -0.15) is 0 Å². The molecular weight excluding hydrogens is 413 g/mol. The van der Waals surface area contributed by atoms with Crippen LogP contribution >= 0.6 is 23.2 Å². The SMILES string of the molecule is Cc1ccc(C)n1NC(=O)c1ccc(OCC(=O)Nc2cc(Cl)ccc2Cl)cc1. The van der Waals surface area contributed by atoms with Gasteiger partial charge >= 0.3 is 0 Å². The van der Waals surface area contributed by atoms with Crippen LogP contribution in [0.3, 0.4) is 0 Å². The topological polar surface area (TPSA) is 72.4 Å². The van der Waals surface area contributed by atoms with Crippen LogP contribution in [-0.4, -0.2) is 23.1 Å². The first-order valence-electron chi connectivity index (χ1n) is 8.77. The zero-order chi connectivity index (χ0) is 21.0. The molecule has 6 nitrogen and oxygen atoms in total. The molecule has 1 heterocycles. The van der Waals surface area contributed by atoms with Gasteiger partial charge in [0.2, 0.25) is 0 Å². The highest BCUT2D eigenvalue weighted by Crippen LogP contribution is 2.25. The van der Waals surface area contributed by atoms with Crippen molar-refractivity contribution in [2.45, 2.75) is 13.8 Å². The van der Waals surface area contributed by atoms with E-state index in [1.165, 1.54) is 0 Å². The maximum atomic E-state index is 12.4. The lowest BCUT2D eigenvalue weighted by Crippen LogP contribution is -2.24. The largest absolute Gasteiger partial charge is 0.484 e. The Hall–Kier alpha value is -2.96. The van der Waals surface area contributed by atoms with Crippen molar-refractivity contribution < 1.29 is 14.3 Å². The van der Waals surface area contributed by atoms with Crippen molar-refractivity contribution in [1.82, 2.24) is 4.68 Å². The van der Waals surface area contributed by atoms with Crippen LogP contribution in [-0.2, 0) is 4.79 Å². The molecule has 0 radical (unpaired) electrons. The summed E-state index contributed by atoms with van der Waals surface area (Å²) >= 11 is 11.9. The molecule has 0 saturated heterocycles. The number of rotatable bonds is 6. The van der Waals surface area contributed by atoms with Crippen LogP contribution in [0, 0.1) is 13.8 Å². The Kier molecular flexibility index (Phi) is 6.46. The number of nitrogens with one attached hydrogen (secondary N) is 2. The molecule has 0 aliphatic heterocycles. The molecule has 8 heteroatoms. The van der Waals surface area contributed by atoms with Crippen LogP contribution in [0.25, 0.3) is 0 Å². The number of aromatic nitrogens is 1. The Morgan fingerprint density at radius 1 is 0.966 bits per heavy atom. The van der Waals surface area contributed by atoms with Gasteiger partial charge in [-0.1, -0.05) is 23.2 Å². The van der Waals surface area contributed by atoms with Gasteiger partial charge in [0.25, 0.3) is 11.8 Å². The number of anilines is 1. The lowest BCUT2D eigenvalue weighted by molar-refractivity contribution is -0.118. The average molecular weight is 432 g/mol. The van der Waals surface area contributed by atoms with E-state index in [0.29, 0.717) is 27.0 Å². The third-order valence-corrected chi connectivity index (χ3v) is 4.74. The van der Waals surface area contributed by atoms with Gasteiger partial charge in [0.05, 0.1) is 10.7 Å². The standard InChI is InChI=1S/C21H19Cl2N3O3/c1-13-3-4-14(2)26(13)25-21(28)15-5-8-17(9-6-15)29-12-20(27)24-19-11-16(22)7-10-18(19)23/h3-11H,12H2,1-2H3,(H,24,27)(H,25,28). The van der Waals surface area contributed by atoms with Gasteiger partial charge in [-0.25, -0.2) is 0 Å². The van der Waals surface area contributed by atoms with E-state index in [1.807, 2.05) is 26.0 Å². The van der Waals surface area contributed by atoms with Gasteiger partial charge in [-0.15, -0.1) is 0 Å². The Bertz CT molecular complexity index is 1030. The van der Waals surface area contributed by atoms with E-state index < -0.39 is 0 Å². The molecule has 2 aromatic carbocycles. The van der Waals surface area contributed by atoms with E-state index in [-0.39, 0.29) is 18.4 Å². The van der Waals surface area contributed by atoms with Gasteiger partial charge < -0.3 is 10.1 Å². The number of ether oxygens (including phenoxy) is 1. The molecular formula is C21H19Cl2N3O3. The summed E-state index contributed by atoms with van der Waals surface area (Å²) in [4.78, 5) is 24.5. The molecule has 1 aromatic heterocycles.